The van der Waals surface area contributed by atoms with Crippen molar-refractivity contribution in [2.24, 2.45) is 10.9 Å². The molecule has 1 fully saturated rings. The van der Waals surface area contributed by atoms with Crippen LogP contribution in [0.15, 0.2) is 23.2 Å². The molecule has 22 heavy (non-hydrogen) atoms. The number of benzene rings is 1. The van der Waals surface area contributed by atoms with E-state index in [4.69, 9.17) is 0 Å². The van der Waals surface area contributed by atoms with Crippen molar-refractivity contribution in [2.45, 2.75) is 26.3 Å². The summed E-state index contributed by atoms with van der Waals surface area (Å²) in [7, 11) is 5.49. The maximum absolute atomic E-state index is 14.0. The second-order valence-electron chi connectivity index (χ2n) is 6.25. The number of nitrogens with zero attached hydrogens (tertiary/aromatic N) is 3. The first-order valence-electron chi connectivity index (χ1n) is 7.92. The van der Waals surface area contributed by atoms with Gasteiger partial charge in [-0.25, -0.2) is 4.39 Å². The molecule has 0 bridgehead atoms. The summed E-state index contributed by atoms with van der Waals surface area (Å²) < 4.78 is 14.0. The highest BCUT2D eigenvalue weighted by Gasteiger charge is 2.18. The quantitative estimate of drug-likeness (QED) is 0.688. The van der Waals surface area contributed by atoms with Crippen LogP contribution in [0.1, 0.15) is 25.3 Å². The normalized spacial score (nSPS) is 16.8. The zero-order valence-electron chi connectivity index (χ0n) is 14.1. The molecule has 5 heteroatoms. The van der Waals surface area contributed by atoms with Crippen LogP contribution in [0.2, 0.25) is 0 Å². The van der Waals surface area contributed by atoms with Gasteiger partial charge in [-0.3, -0.25) is 4.99 Å². The number of nitrogens with one attached hydrogen (secondary N) is 1. The molecule has 0 saturated carbocycles. The Labute approximate surface area is 133 Å². The molecule has 0 amide bonds. The number of halogens is 1. The van der Waals surface area contributed by atoms with Crippen molar-refractivity contribution in [2.75, 3.05) is 39.1 Å². The minimum Gasteiger partial charge on any atom is -0.375 e. The van der Waals surface area contributed by atoms with Crippen LogP contribution in [0, 0.1) is 11.7 Å². The number of guanidine groups is 1. The molecule has 1 saturated heterocycles. The van der Waals surface area contributed by atoms with Crippen LogP contribution in [0.25, 0.3) is 0 Å². The maximum Gasteiger partial charge on any atom is 0.193 e. The summed E-state index contributed by atoms with van der Waals surface area (Å²) in [5.41, 5.74) is 1.53. The Morgan fingerprint density at radius 3 is 2.59 bits per heavy atom. The number of hydrogen-bond donors (Lipinski definition) is 1. The van der Waals surface area contributed by atoms with Crippen molar-refractivity contribution in [3.8, 4) is 0 Å². The standard InChI is InChI=1S/C17H27FN4/c1-13-7-9-22(10-8-13)17(19-2)20-12-14-5-6-16(21(3)4)15(18)11-14/h5-6,11,13H,7-10,12H2,1-4H3,(H,19,20). The summed E-state index contributed by atoms with van der Waals surface area (Å²) >= 11 is 0. The van der Waals surface area contributed by atoms with Gasteiger partial charge in [-0.05, 0) is 36.5 Å². The van der Waals surface area contributed by atoms with Gasteiger partial charge in [-0.2, -0.15) is 0 Å². The van der Waals surface area contributed by atoms with Gasteiger partial charge in [0.15, 0.2) is 5.96 Å². The summed E-state index contributed by atoms with van der Waals surface area (Å²) in [6.45, 7) is 4.95. The first-order valence-corrected chi connectivity index (χ1v) is 7.92. The van der Waals surface area contributed by atoms with Crippen LogP contribution in [-0.2, 0) is 6.54 Å². The Bertz CT molecular complexity index is 519. The van der Waals surface area contributed by atoms with E-state index < -0.39 is 0 Å². The molecule has 0 spiro atoms. The highest BCUT2D eigenvalue weighted by Crippen LogP contribution is 2.19. The highest BCUT2D eigenvalue weighted by molar-refractivity contribution is 5.80. The smallest absolute Gasteiger partial charge is 0.193 e. The molecule has 0 aliphatic carbocycles. The molecule has 1 heterocycles. The minimum absolute atomic E-state index is 0.189. The predicted octanol–water partition coefficient (Wildman–Crippen LogP) is 2.70. The van der Waals surface area contributed by atoms with Crippen LogP contribution in [-0.4, -0.2) is 45.1 Å². The third kappa shape index (κ3) is 4.12. The first kappa shape index (κ1) is 16.6. The van der Waals surface area contributed by atoms with Crippen LogP contribution in [0.5, 0.6) is 0 Å². The Morgan fingerprint density at radius 2 is 2.05 bits per heavy atom. The molecular weight excluding hydrogens is 279 g/mol. The molecule has 4 nitrogen and oxygen atoms in total. The van der Waals surface area contributed by atoms with E-state index in [0.717, 1.165) is 30.5 Å². The van der Waals surface area contributed by atoms with Crippen molar-refractivity contribution in [3.05, 3.63) is 29.6 Å². The van der Waals surface area contributed by atoms with Crippen molar-refractivity contribution in [1.29, 1.82) is 0 Å². The van der Waals surface area contributed by atoms with Gasteiger partial charge in [0.1, 0.15) is 5.82 Å². The van der Waals surface area contributed by atoms with E-state index in [2.05, 4.69) is 22.1 Å². The SMILES string of the molecule is CN=C(NCc1ccc(N(C)C)c(F)c1)N1CCC(C)CC1. The number of aliphatic imine (C=N–C) groups is 1. The summed E-state index contributed by atoms with van der Waals surface area (Å²) in [6.07, 6.45) is 2.40. The van der Waals surface area contributed by atoms with Crippen LogP contribution in [0.4, 0.5) is 10.1 Å². The molecule has 122 valence electrons. The Balaban J connectivity index is 1.95. The fourth-order valence-corrected chi connectivity index (χ4v) is 2.76. The summed E-state index contributed by atoms with van der Waals surface area (Å²) in [6, 6.07) is 5.36. The molecule has 0 radical (unpaired) electrons. The molecule has 1 aromatic rings. The van der Waals surface area contributed by atoms with Crippen LogP contribution >= 0.6 is 0 Å². The molecule has 0 unspecified atom stereocenters. The number of piperidine rings is 1. The lowest BCUT2D eigenvalue weighted by Crippen LogP contribution is -2.45. The molecule has 0 atom stereocenters. The average Bonchev–Trinajstić information content (AvgIpc) is 2.49. The lowest BCUT2D eigenvalue weighted by Gasteiger charge is -2.33. The van der Waals surface area contributed by atoms with Gasteiger partial charge in [0.2, 0.25) is 0 Å². The van der Waals surface area contributed by atoms with E-state index >= 15 is 0 Å². The van der Waals surface area contributed by atoms with Crippen LogP contribution in [0.3, 0.4) is 0 Å². The monoisotopic (exact) mass is 306 g/mol. The molecule has 1 aliphatic rings. The topological polar surface area (TPSA) is 30.9 Å². The van der Waals surface area contributed by atoms with Gasteiger partial charge in [-0.15, -0.1) is 0 Å². The number of likely N-dealkylation sites (tertiary alicyclic amines) is 1. The second-order valence-corrected chi connectivity index (χ2v) is 6.25. The minimum atomic E-state index is -0.189. The van der Waals surface area contributed by atoms with E-state index in [-0.39, 0.29) is 5.82 Å². The number of rotatable bonds is 3. The van der Waals surface area contributed by atoms with E-state index in [1.807, 2.05) is 26.2 Å². The molecule has 0 aromatic heterocycles. The van der Waals surface area contributed by atoms with Crippen molar-refractivity contribution in [1.82, 2.24) is 10.2 Å². The van der Waals surface area contributed by atoms with Crippen LogP contribution < -0.4 is 10.2 Å². The number of hydrogen-bond acceptors (Lipinski definition) is 2. The molecule has 1 N–H and O–H groups in total. The Hall–Kier alpha value is -1.78. The largest absolute Gasteiger partial charge is 0.375 e. The molecule has 2 rings (SSSR count). The van der Waals surface area contributed by atoms with Crippen molar-refractivity contribution in [3.63, 3.8) is 0 Å². The Kier molecular flexibility index (Phi) is 5.63. The third-order valence-corrected chi connectivity index (χ3v) is 4.24. The average molecular weight is 306 g/mol. The van der Waals surface area contributed by atoms with Gasteiger partial charge >= 0.3 is 0 Å². The molecular formula is C17H27FN4. The predicted molar refractivity (Wildman–Crippen MR) is 90.9 cm³/mol. The maximum atomic E-state index is 14.0. The van der Waals surface area contributed by atoms with E-state index in [1.54, 1.807) is 18.0 Å². The van der Waals surface area contributed by atoms with Gasteiger partial charge in [0.25, 0.3) is 0 Å². The summed E-state index contributed by atoms with van der Waals surface area (Å²) in [5, 5.41) is 3.34. The highest BCUT2D eigenvalue weighted by atomic mass is 19.1. The first-order chi connectivity index (χ1) is 10.5. The second kappa shape index (κ2) is 7.47. The molecule has 1 aliphatic heterocycles. The summed E-state index contributed by atoms with van der Waals surface area (Å²) in [5.74, 6) is 1.51. The fourth-order valence-electron chi connectivity index (χ4n) is 2.76. The van der Waals surface area contributed by atoms with Gasteiger partial charge < -0.3 is 15.1 Å². The van der Waals surface area contributed by atoms with E-state index in [0.29, 0.717) is 12.2 Å². The Morgan fingerprint density at radius 1 is 1.36 bits per heavy atom. The fraction of sp³-hybridized carbons (Fsp3) is 0.588. The molecule has 1 aromatic carbocycles. The zero-order valence-corrected chi connectivity index (χ0v) is 14.1. The third-order valence-electron chi connectivity index (χ3n) is 4.24. The van der Waals surface area contributed by atoms with Gasteiger partial charge in [-0.1, -0.05) is 13.0 Å². The lowest BCUT2D eigenvalue weighted by molar-refractivity contribution is 0.273. The van der Waals surface area contributed by atoms with Crippen molar-refractivity contribution >= 4 is 11.6 Å². The lowest BCUT2D eigenvalue weighted by atomic mass is 9.99. The van der Waals surface area contributed by atoms with Gasteiger partial charge in [0, 0.05) is 40.8 Å². The zero-order chi connectivity index (χ0) is 16.1. The van der Waals surface area contributed by atoms with Crippen molar-refractivity contribution < 1.29 is 4.39 Å². The van der Waals surface area contributed by atoms with Gasteiger partial charge in [0.05, 0.1) is 5.69 Å². The van der Waals surface area contributed by atoms with E-state index in [9.17, 15) is 4.39 Å². The van der Waals surface area contributed by atoms with E-state index in [1.165, 1.54) is 12.8 Å². The summed E-state index contributed by atoms with van der Waals surface area (Å²) in [4.78, 5) is 8.41. The number of anilines is 1.